The zero-order valence-corrected chi connectivity index (χ0v) is 10.7. The topological polar surface area (TPSA) is 52.5 Å². The van der Waals surface area contributed by atoms with E-state index in [-0.39, 0.29) is 17.7 Å². The first-order chi connectivity index (χ1) is 7.87. The van der Waals surface area contributed by atoms with Gasteiger partial charge in [0, 0.05) is 18.0 Å². The molecule has 0 fully saturated rings. The van der Waals surface area contributed by atoms with Crippen molar-refractivity contribution in [3.8, 4) is 5.75 Å². The molecule has 0 aromatic heterocycles. The van der Waals surface area contributed by atoms with Gasteiger partial charge in [-0.3, -0.25) is 0 Å². The summed E-state index contributed by atoms with van der Waals surface area (Å²) >= 11 is 0. The van der Waals surface area contributed by atoms with Crippen LogP contribution in [0.4, 0.5) is 0 Å². The Balaban J connectivity index is 2.23. The number of fused-ring (bicyclic) bond motifs is 1. The molecule has 0 amide bonds. The molecule has 0 bridgehead atoms. The maximum Gasteiger partial charge on any atom is 0.119 e. The molecule has 3 N–H and O–H groups in total. The number of phenols is 1. The van der Waals surface area contributed by atoms with E-state index in [1.165, 1.54) is 0 Å². The Bertz CT molecular complexity index is 409. The van der Waals surface area contributed by atoms with Crippen LogP contribution in [0.2, 0.25) is 0 Å². The van der Waals surface area contributed by atoms with Crippen LogP contribution < -0.4 is 5.32 Å². The molecule has 0 saturated heterocycles. The summed E-state index contributed by atoms with van der Waals surface area (Å²) in [5, 5.41) is 23.4. The number of hydrogen-bond donors (Lipinski definition) is 3. The fourth-order valence-electron chi connectivity index (χ4n) is 2.47. The van der Waals surface area contributed by atoms with Crippen LogP contribution >= 0.6 is 0 Å². The molecule has 1 aliphatic rings. The highest BCUT2D eigenvalue weighted by Crippen LogP contribution is 2.29. The van der Waals surface area contributed by atoms with Crippen LogP contribution in [0.3, 0.4) is 0 Å². The lowest BCUT2D eigenvalue weighted by molar-refractivity contribution is 0.104. The molecule has 3 nitrogen and oxygen atoms in total. The van der Waals surface area contributed by atoms with E-state index >= 15 is 0 Å². The predicted molar refractivity (Wildman–Crippen MR) is 68.2 cm³/mol. The summed E-state index contributed by atoms with van der Waals surface area (Å²) in [5.41, 5.74) is 2.00. The number of rotatable bonds is 1. The molecule has 0 saturated carbocycles. The number of aliphatic hydroxyl groups is 1. The van der Waals surface area contributed by atoms with Crippen LogP contribution in [0, 0.1) is 0 Å². The lowest BCUT2D eigenvalue weighted by atomic mass is 9.84. The van der Waals surface area contributed by atoms with Gasteiger partial charge in [-0.1, -0.05) is 12.1 Å². The van der Waals surface area contributed by atoms with Gasteiger partial charge in [0.05, 0.1) is 6.10 Å². The normalized spacial score (nSPS) is 24.5. The molecule has 17 heavy (non-hydrogen) atoms. The van der Waals surface area contributed by atoms with Crippen molar-refractivity contribution in [2.45, 2.75) is 51.3 Å². The molecule has 0 spiro atoms. The van der Waals surface area contributed by atoms with E-state index in [1.807, 2.05) is 12.1 Å². The van der Waals surface area contributed by atoms with Crippen molar-refractivity contribution >= 4 is 0 Å². The zero-order chi connectivity index (χ0) is 12.6. The number of hydrogen-bond acceptors (Lipinski definition) is 3. The lowest BCUT2D eigenvalue weighted by Crippen LogP contribution is -2.52. The highest BCUT2D eigenvalue weighted by atomic mass is 16.3. The van der Waals surface area contributed by atoms with E-state index in [4.69, 9.17) is 0 Å². The van der Waals surface area contributed by atoms with Crippen molar-refractivity contribution in [2.75, 3.05) is 0 Å². The summed E-state index contributed by atoms with van der Waals surface area (Å²) in [7, 11) is 0. The zero-order valence-electron chi connectivity index (χ0n) is 10.7. The Morgan fingerprint density at radius 3 is 2.59 bits per heavy atom. The van der Waals surface area contributed by atoms with Crippen LogP contribution in [0.25, 0.3) is 0 Å². The van der Waals surface area contributed by atoms with Gasteiger partial charge in [0.25, 0.3) is 0 Å². The molecule has 1 aliphatic carbocycles. The van der Waals surface area contributed by atoms with Crippen LogP contribution in [0.5, 0.6) is 5.75 Å². The van der Waals surface area contributed by atoms with Gasteiger partial charge in [0.1, 0.15) is 5.75 Å². The molecule has 94 valence electrons. The molecular weight excluding hydrogens is 214 g/mol. The van der Waals surface area contributed by atoms with Crippen molar-refractivity contribution in [3.05, 3.63) is 29.3 Å². The molecule has 2 atom stereocenters. The third-order valence-electron chi connectivity index (χ3n) is 3.18. The molecule has 1 aromatic carbocycles. The van der Waals surface area contributed by atoms with Gasteiger partial charge in [-0.25, -0.2) is 0 Å². The Labute approximate surface area is 102 Å². The predicted octanol–water partition coefficient (Wildman–Crippen LogP) is 1.61. The van der Waals surface area contributed by atoms with E-state index in [1.54, 1.807) is 6.07 Å². The van der Waals surface area contributed by atoms with E-state index < -0.39 is 0 Å². The molecule has 1 aromatic rings. The smallest absolute Gasteiger partial charge is 0.119 e. The van der Waals surface area contributed by atoms with Crippen LogP contribution in [-0.2, 0) is 12.8 Å². The SMILES string of the molecule is CC(C)(C)N[C@@H]1Cc2c(O)cccc2C[C@H]1O. The van der Waals surface area contributed by atoms with Gasteiger partial charge in [-0.2, -0.15) is 0 Å². The Morgan fingerprint density at radius 1 is 1.24 bits per heavy atom. The van der Waals surface area contributed by atoms with Crippen molar-refractivity contribution in [3.63, 3.8) is 0 Å². The first kappa shape index (κ1) is 12.4. The molecule has 0 radical (unpaired) electrons. The quantitative estimate of drug-likeness (QED) is 0.693. The summed E-state index contributed by atoms with van der Waals surface area (Å²) in [6.45, 7) is 6.25. The summed E-state index contributed by atoms with van der Waals surface area (Å²) in [5.74, 6) is 0.343. The average molecular weight is 235 g/mol. The highest BCUT2D eigenvalue weighted by molar-refractivity contribution is 5.42. The molecule has 2 rings (SSSR count). The van der Waals surface area contributed by atoms with Gasteiger partial charge in [0.15, 0.2) is 0 Å². The van der Waals surface area contributed by atoms with E-state index in [0.717, 1.165) is 11.1 Å². The van der Waals surface area contributed by atoms with E-state index in [0.29, 0.717) is 18.6 Å². The third kappa shape index (κ3) is 2.79. The van der Waals surface area contributed by atoms with Crippen molar-refractivity contribution < 1.29 is 10.2 Å². The summed E-state index contributed by atoms with van der Waals surface area (Å²) < 4.78 is 0. The molecule has 0 aliphatic heterocycles. The van der Waals surface area contributed by atoms with Crippen molar-refractivity contribution in [2.24, 2.45) is 0 Å². The second-order valence-electron chi connectivity index (χ2n) is 5.89. The largest absolute Gasteiger partial charge is 0.508 e. The van der Waals surface area contributed by atoms with E-state index in [2.05, 4.69) is 26.1 Å². The molecule has 0 heterocycles. The average Bonchev–Trinajstić information content (AvgIpc) is 2.18. The first-order valence-electron chi connectivity index (χ1n) is 6.12. The third-order valence-corrected chi connectivity index (χ3v) is 3.18. The number of nitrogens with one attached hydrogen (secondary N) is 1. The van der Waals surface area contributed by atoms with Crippen molar-refractivity contribution in [1.29, 1.82) is 0 Å². The standard InChI is InChI=1S/C14H21NO2/c1-14(2,3)15-11-8-10-9(7-13(11)17)5-4-6-12(10)16/h4-6,11,13,15-17H,7-8H2,1-3H3/t11-,13-/m1/s1. The molecule has 3 heteroatoms. The fraction of sp³-hybridized carbons (Fsp3) is 0.571. The van der Waals surface area contributed by atoms with Crippen LogP contribution in [0.15, 0.2) is 18.2 Å². The maximum absolute atomic E-state index is 10.1. The van der Waals surface area contributed by atoms with Gasteiger partial charge in [-0.15, -0.1) is 0 Å². The Hall–Kier alpha value is -1.06. The summed E-state index contributed by atoms with van der Waals surface area (Å²) in [6, 6.07) is 5.53. The van der Waals surface area contributed by atoms with Gasteiger partial charge in [-0.05, 0) is 44.4 Å². The lowest BCUT2D eigenvalue weighted by Gasteiger charge is -2.35. The fourth-order valence-corrected chi connectivity index (χ4v) is 2.47. The maximum atomic E-state index is 10.1. The first-order valence-corrected chi connectivity index (χ1v) is 6.12. The summed E-state index contributed by atoms with van der Waals surface area (Å²) in [6.07, 6.45) is 0.904. The molecular formula is C14H21NO2. The van der Waals surface area contributed by atoms with Crippen LogP contribution in [-0.4, -0.2) is 27.9 Å². The van der Waals surface area contributed by atoms with E-state index in [9.17, 15) is 10.2 Å². The second kappa shape index (κ2) is 4.31. The minimum Gasteiger partial charge on any atom is -0.508 e. The highest BCUT2D eigenvalue weighted by Gasteiger charge is 2.30. The van der Waals surface area contributed by atoms with Crippen molar-refractivity contribution in [1.82, 2.24) is 5.32 Å². The minimum atomic E-state index is -0.386. The number of benzene rings is 1. The summed E-state index contributed by atoms with van der Waals surface area (Å²) in [4.78, 5) is 0. The Kier molecular flexibility index (Phi) is 3.15. The van der Waals surface area contributed by atoms with Gasteiger partial charge < -0.3 is 15.5 Å². The van der Waals surface area contributed by atoms with Gasteiger partial charge >= 0.3 is 0 Å². The number of aromatic hydroxyl groups is 1. The Morgan fingerprint density at radius 2 is 1.94 bits per heavy atom. The monoisotopic (exact) mass is 235 g/mol. The molecule has 0 unspecified atom stereocenters. The number of aliphatic hydroxyl groups excluding tert-OH is 1. The minimum absolute atomic E-state index is 0.0100. The van der Waals surface area contributed by atoms with Gasteiger partial charge in [0.2, 0.25) is 0 Å². The number of phenolic OH excluding ortho intramolecular Hbond substituents is 1. The van der Waals surface area contributed by atoms with Crippen LogP contribution in [0.1, 0.15) is 31.9 Å². The second-order valence-corrected chi connectivity index (χ2v) is 5.89.